The molecule has 0 amide bonds. The Morgan fingerprint density at radius 2 is 2.23 bits per heavy atom. The lowest BCUT2D eigenvalue weighted by molar-refractivity contribution is -0.141. The number of rotatable bonds is 3. The number of aromatic hydroxyl groups is 1. The lowest BCUT2D eigenvalue weighted by Gasteiger charge is -2.24. The van der Waals surface area contributed by atoms with Crippen LogP contribution in [0.3, 0.4) is 0 Å². The zero-order chi connectivity index (χ0) is 15.9. The number of carboxylic acids is 1. The van der Waals surface area contributed by atoms with Gasteiger partial charge in [-0.3, -0.25) is 14.7 Å². The Bertz CT molecular complexity index is 641. The molecule has 1 fully saturated rings. The summed E-state index contributed by atoms with van der Waals surface area (Å²) >= 11 is 3.09. The molecule has 2 heterocycles. The first-order chi connectivity index (χ1) is 10.5. The highest BCUT2D eigenvalue weighted by molar-refractivity contribution is 8.14. The van der Waals surface area contributed by atoms with Crippen molar-refractivity contribution >= 4 is 34.5 Å². The number of halogens is 1. The van der Waals surface area contributed by atoms with E-state index >= 15 is 0 Å². The topological polar surface area (TPSA) is 73.1 Å². The molecule has 5 nitrogen and oxygen atoms in total. The van der Waals surface area contributed by atoms with E-state index in [1.54, 1.807) is 18.8 Å². The van der Waals surface area contributed by atoms with Gasteiger partial charge in [0.25, 0.3) is 0 Å². The van der Waals surface area contributed by atoms with Crippen LogP contribution in [-0.4, -0.2) is 62.1 Å². The van der Waals surface area contributed by atoms with Crippen LogP contribution in [0.5, 0.6) is 5.75 Å². The van der Waals surface area contributed by atoms with Gasteiger partial charge < -0.3 is 10.2 Å². The quantitative estimate of drug-likeness (QED) is 0.873. The molecule has 1 aromatic carbocycles. The first-order valence-electron chi connectivity index (χ1n) is 6.73. The van der Waals surface area contributed by atoms with Gasteiger partial charge in [-0.15, -0.1) is 23.5 Å². The van der Waals surface area contributed by atoms with Crippen molar-refractivity contribution < 1.29 is 19.4 Å². The summed E-state index contributed by atoms with van der Waals surface area (Å²) in [5.74, 6) is -0.159. The van der Waals surface area contributed by atoms with Gasteiger partial charge in [0.1, 0.15) is 22.7 Å². The van der Waals surface area contributed by atoms with Crippen molar-refractivity contribution in [3.05, 3.63) is 29.6 Å². The second-order valence-corrected chi connectivity index (χ2v) is 7.38. The number of phenols is 1. The Kier molecular flexibility index (Phi) is 4.33. The molecule has 1 aromatic rings. The molecule has 22 heavy (non-hydrogen) atoms. The summed E-state index contributed by atoms with van der Waals surface area (Å²) in [5.41, 5.74) is 0.523. The zero-order valence-corrected chi connectivity index (χ0v) is 13.4. The third-order valence-corrected chi connectivity index (χ3v) is 6.40. The Hall–Kier alpha value is -1.25. The van der Waals surface area contributed by atoms with E-state index in [0.717, 1.165) is 11.8 Å². The van der Waals surface area contributed by atoms with Crippen molar-refractivity contribution in [3.63, 3.8) is 0 Å². The van der Waals surface area contributed by atoms with Crippen molar-refractivity contribution in [2.24, 2.45) is 4.99 Å². The Labute approximate surface area is 135 Å². The molecule has 118 valence electrons. The summed E-state index contributed by atoms with van der Waals surface area (Å²) in [4.78, 5) is 17.6. The van der Waals surface area contributed by atoms with E-state index < -0.39 is 17.8 Å². The summed E-state index contributed by atoms with van der Waals surface area (Å²) in [6, 6.07) is 3.36. The molecule has 0 saturated carbocycles. The fourth-order valence-corrected chi connectivity index (χ4v) is 5.36. The standard InChI is InChI=1S/C14H15FN2O3S2/c1-17-10(14(19)20)6-22-13(17)9-5-21-12(16-9)8-3-2-7(15)4-11(8)18/h2-4,9-10,13,18H,5-6H2,1H3,(H,19,20)/t9-,10+,13-/m0/s1. The summed E-state index contributed by atoms with van der Waals surface area (Å²) in [6.45, 7) is 0. The fraction of sp³-hybridized carbons (Fsp3) is 0.429. The largest absolute Gasteiger partial charge is 0.507 e. The van der Waals surface area contributed by atoms with Gasteiger partial charge >= 0.3 is 5.97 Å². The number of aliphatic carboxylic acids is 1. The third-order valence-electron chi connectivity index (χ3n) is 3.80. The number of hydrogen-bond donors (Lipinski definition) is 2. The Morgan fingerprint density at radius 1 is 1.45 bits per heavy atom. The Morgan fingerprint density at radius 3 is 2.86 bits per heavy atom. The van der Waals surface area contributed by atoms with Gasteiger partial charge in [0.15, 0.2) is 0 Å². The molecular weight excluding hydrogens is 327 g/mol. The number of thioether (sulfide) groups is 2. The fourth-order valence-electron chi connectivity index (χ4n) is 2.60. The molecule has 1 saturated heterocycles. The molecule has 0 unspecified atom stereocenters. The summed E-state index contributed by atoms with van der Waals surface area (Å²) < 4.78 is 13.1. The number of aliphatic imine (C=N–C) groups is 1. The van der Waals surface area contributed by atoms with Gasteiger partial charge in [-0.1, -0.05) is 0 Å². The monoisotopic (exact) mass is 342 g/mol. The molecule has 0 aliphatic carbocycles. The molecule has 0 bridgehead atoms. The summed E-state index contributed by atoms with van der Waals surface area (Å²) in [7, 11) is 1.80. The van der Waals surface area contributed by atoms with Crippen molar-refractivity contribution in [1.82, 2.24) is 4.90 Å². The van der Waals surface area contributed by atoms with Crippen molar-refractivity contribution in [2.45, 2.75) is 17.5 Å². The first-order valence-corrected chi connectivity index (χ1v) is 8.76. The Balaban J connectivity index is 1.79. The van der Waals surface area contributed by atoms with Gasteiger partial charge in [0.2, 0.25) is 0 Å². The van der Waals surface area contributed by atoms with Gasteiger partial charge in [-0.25, -0.2) is 4.39 Å². The van der Waals surface area contributed by atoms with Gasteiger partial charge in [0, 0.05) is 23.1 Å². The molecule has 3 rings (SSSR count). The summed E-state index contributed by atoms with van der Waals surface area (Å²) in [5, 5.41) is 19.7. The van der Waals surface area contributed by atoms with Crippen LogP contribution in [0.1, 0.15) is 5.56 Å². The van der Waals surface area contributed by atoms with E-state index in [1.807, 2.05) is 4.90 Å². The number of benzene rings is 1. The highest BCUT2D eigenvalue weighted by atomic mass is 32.2. The van der Waals surface area contributed by atoms with E-state index in [2.05, 4.69) is 4.99 Å². The second kappa shape index (κ2) is 6.10. The number of likely N-dealkylation sites (N-methyl/N-ethyl adjacent to an activating group) is 1. The minimum atomic E-state index is -0.816. The molecule has 0 radical (unpaired) electrons. The average Bonchev–Trinajstić information content (AvgIpc) is 3.05. The zero-order valence-electron chi connectivity index (χ0n) is 11.8. The van der Waals surface area contributed by atoms with Crippen LogP contribution in [0.2, 0.25) is 0 Å². The molecule has 2 aliphatic heterocycles. The predicted molar refractivity (Wildman–Crippen MR) is 86.3 cm³/mol. The lowest BCUT2D eigenvalue weighted by atomic mass is 10.2. The number of carbonyl (C=O) groups is 1. The van der Waals surface area contributed by atoms with Gasteiger partial charge in [-0.05, 0) is 19.2 Å². The highest BCUT2D eigenvalue weighted by Crippen LogP contribution is 2.37. The van der Waals surface area contributed by atoms with E-state index in [1.165, 1.54) is 23.9 Å². The van der Waals surface area contributed by atoms with Crippen molar-refractivity contribution in [3.8, 4) is 5.75 Å². The maximum absolute atomic E-state index is 13.1. The second-order valence-electron chi connectivity index (χ2n) is 5.22. The summed E-state index contributed by atoms with van der Waals surface area (Å²) in [6.07, 6.45) is 0. The van der Waals surface area contributed by atoms with Crippen LogP contribution in [0.4, 0.5) is 4.39 Å². The number of nitrogens with zero attached hydrogens (tertiary/aromatic N) is 2. The molecule has 8 heteroatoms. The van der Waals surface area contributed by atoms with Crippen LogP contribution >= 0.6 is 23.5 Å². The van der Waals surface area contributed by atoms with E-state index in [0.29, 0.717) is 16.4 Å². The van der Waals surface area contributed by atoms with Crippen LogP contribution in [0, 0.1) is 5.82 Å². The predicted octanol–water partition coefficient (Wildman–Crippen LogP) is 1.85. The van der Waals surface area contributed by atoms with E-state index in [9.17, 15) is 19.4 Å². The lowest BCUT2D eigenvalue weighted by Crippen LogP contribution is -2.42. The number of carboxylic acid groups (broad SMARTS) is 1. The van der Waals surface area contributed by atoms with Crippen LogP contribution in [-0.2, 0) is 4.79 Å². The van der Waals surface area contributed by atoms with Crippen molar-refractivity contribution in [1.29, 1.82) is 0 Å². The van der Waals surface area contributed by atoms with E-state index in [4.69, 9.17) is 0 Å². The molecule has 0 aromatic heterocycles. The maximum Gasteiger partial charge on any atom is 0.321 e. The minimum Gasteiger partial charge on any atom is -0.507 e. The molecule has 2 aliphatic rings. The molecular formula is C14H15FN2O3S2. The SMILES string of the molecule is CN1[C@@H](C(=O)O)CS[C@H]1[C@@H]1CSC(c2ccc(F)cc2O)=N1. The van der Waals surface area contributed by atoms with E-state index in [-0.39, 0.29) is 17.2 Å². The van der Waals surface area contributed by atoms with Gasteiger partial charge in [-0.2, -0.15) is 0 Å². The van der Waals surface area contributed by atoms with Crippen LogP contribution in [0.15, 0.2) is 23.2 Å². The van der Waals surface area contributed by atoms with Gasteiger partial charge in [0.05, 0.1) is 11.4 Å². The third kappa shape index (κ3) is 2.82. The number of phenolic OH excluding ortho intramolecular Hbond substituents is 1. The van der Waals surface area contributed by atoms with Crippen LogP contribution < -0.4 is 0 Å². The molecule has 3 atom stereocenters. The van der Waals surface area contributed by atoms with Crippen LogP contribution in [0.25, 0.3) is 0 Å². The minimum absolute atomic E-state index is 0.00805. The number of hydrogen-bond acceptors (Lipinski definition) is 6. The smallest absolute Gasteiger partial charge is 0.321 e. The highest BCUT2D eigenvalue weighted by Gasteiger charge is 2.41. The first kappa shape index (κ1) is 15.6. The normalized spacial score (nSPS) is 28.8. The maximum atomic E-state index is 13.1. The average molecular weight is 342 g/mol. The van der Waals surface area contributed by atoms with Crippen molar-refractivity contribution in [2.75, 3.05) is 18.6 Å². The molecule has 2 N–H and O–H groups in total. The molecule has 0 spiro atoms.